The van der Waals surface area contributed by atoms with Crippen molar-refractivity contribution in [3.05, 3.63) is 17.0 Å². The molecule has 148 valence electrons. The number of terminal acetylenes is 1. The molecule has 0 saturated carbocycles. The van der Waals surface area contributed by atoms with Gasteiger partial charge in [-0.15, -0.1) is 6.42 Å². The standard InChI is InChI=1S/C19H25F2N3O3/c1-6-18(26)7-8-19(20,21)15-13-10-23(16(25)27-17(3,4)5)12(2)9-14(13)22-24(15)11-18/h1,12,26H,7-11H2,2-5H3. The summed E-state index contributed by atoms with van der Waals surface area (Å²) in [6.45, 7) is 6.89. The first-order chi connectivity index (χ1) is 12.4. The third-order valence-corrected chi connectivity index (χ3v) is 4.99. The van der Waals surface area contributed by atoms with E-state index in [4.69, 9.17) is 11.2 Å². The second kappa shape index (κ2) is 6.20. The van der Waals surface area contributed by atoms with Crippen molar-refractivity contribution in [1.82, 2.24) is 14.7 Å². The van der Waals surface area contributed by atoms with E-state index in [-0.39, 0.29) is 31.2 Å². The van der Waals surface area contributed by atoms with Crippen molar-refractivity contribution in [1.29, 1.82) is 0 Å². The average molecular weight is 381 g/mol. The molecule has 1 aromatic rings. The van der Waals surface area contributed by atoms with Crippen molar-refractivity contribution in [3.8, 4) is 12.3 Å². The maximum Gasteiger partial charge on any atom is 0.410 e. The van der Waals surface area contributed by atoms with E-state index in [9.17, 15) is 18.7 Å². The predicted octanol–water partition coefficient (Wildman–Crippen LogP) is 2.81. The van der Waals surface area contributed by atoms with E-state index in [0.29, 0.717) is 17.7 Å². The second-order valence-corrected chi connectivity index (χ2v) is 8.47. The van der Waals surface area contributed by atoms with Gasteiger partial charge in [-0.3, -0.25) is 4.68 Å². The number of fused-ring (bicyclic) bond motifs is 3. The van der Waals surface area contributed by atoms with Gasteiger partial charge in [0.25, 0.3) is 5.92 Å². The molecule has 0 radical (unpaired) electrons. The largest absolute Gasteiger partial charge is 0.444 e. The highest BCUT2D eigenvalue weighted by molar-refractivity contribution is 5.69. The van der Waals surface area contributed by atoms with Crippen LogP contribution in [0, 0.1) is 12.3 Å². The number of amides is 1. The number of rotatable bonds is 0. The van der Waals surface area contributed by atoms with Crippen LogP contribution in [-0.4, -0.2) is 43.1 Å². The lowest BCUT2D eigenvalue weighted by Crippen LogP contribution is -2.45. The molecule has 0 aromatic carbocycles. The zero-order valence-corrected chi connectivity index (χ0v) is 16.1. The first-order valence-corrected chi connectivity index (χ1v) is 9.02. The molecule has 6 nitrogen and oxygen atoms in total. The van der Waals surface area contributed by atoms with Gasteiger partial charge in [0, 0.05) is 24.4 Å². The van der Waals surface area contributed by atoms with Gasteiger partial charge in [-0.2, -0.15) is 13.9 Å². The molecule has 2 aliphatic heterocycles. The maximum atomic E-state index is 14.9. The number of hydrogen-bond acceptors (Lipinski definition) is 4. The van der Waals surface area contributed by atoms with Gasteiger partial charge in [0.1, 0.15) is 16.9 Å². The highest BCUT2D eigenvalue weighted by Gasteiger charge is 2.47. The monoisotopic (exact) mass is 381 g/mol. The van der Waals surface area contributed by atoms with E-state index in [1.165, 1.54) is 4.90 Å². The molecule has 0 bridgehead atoms. The van der Waals surface area contributed by atoms with Crippen LogP contribution in [0.15, 0.2) is 0 Å². The lowest BCUT2D eigenvalue weighted by atomic mass is 9.94. The Hall–Kier alpha value is -2.14. The van der Waals surface area contributed by atoms with Crippen molar-refractivity contribution >= 4 is 6.09 Å². The summed E-state index contributed by atoms with van der Waals surface area (Å²) in [5, 5.41) is 14.7. The molecule has 0 saturated heterocycles. The molecular formula is C19H25F2N3O3. The van der Waals surface area contributed by atoms with Crippen molar-refractivity contribution in [2.45, 2.75) is 83.2 Å². The summed E-state index contributed by atoms with van der Waals surface area (Å²) in [6.07, 6.45) is 4.35. The summed E-state index contributed by atoms with van der Waals surface area (Å²) in [7, 11) is 0. The molecule has 8 heteroatoms. The SMILES string of the molecule is C#CC1(O)CCC(F)(F)c2c3c(nn2C1)CC(C)N(C(=O)OC(C)(C)C)C3. The number of hydrogen-bond donors (Lipinski definition) is 1. The van der Waals surface area contributed by atoms with Crippen molar-refractivity contribution in [3.63, 3.8) is 0 Å². The zero-order chi connectivity index (χ0) is 20.2. The first-order valence-electron chi connectivity index (χ1n) is 9.02. The van der Waals surface area contributed by atoms with E-state index < -0.39 is 29.6 Å². The van der Waals surface area contributed by atoms with Crippen LogP contribution in [0.3, 0.4) is 0 Å². The normalized spacial score (nSPS) is 27.2. The third-order valence-electron chi connectivity index (χ3n) is 4.99. The fourth-order valence-electron chi connectivity index (χ4n) is 3.61. The Morgan fingerprint density at radius 2 is 2.07 bits per heavy atom. The molecule has 0 aliphatic carbocycles. The summed E-state index contributed by atoms with van der Waals surface area (Å²) in [6, 6.07) is -0.244. The molecule has 0 fully saturated rings. The minimum absolute atomic E-state index is 0.00911. The Morgan fingerprint density at radius 3 is 2.67 bits per heavy atom. The number of aliphatic hydroxyl groups is 1. The fraction of sp³-hybridized carbons (Fsp3) is 0.684. The number of aromatic nitrogens is 2. The van der Waals surface area contributed by atoms with Gasteiger partial charge in [-0.1, -0.05) is 5.92 Å². The predicted molar refractivity (Wildman–Crippen MR) is 94.1 cm³/mol. The van der Waals surface area contributed by atoms with Crippen LogP contribution in [0.2, 0.25) is 0 Å². The van der Waals surface area contributed by atoms with Gasteiger partial charge >= 0.3 is 6.09 Å². The molecule has 1 N–H and O–H groups in total. The van der Waals surface area contributed by atoms with E-state index >= 15 is 0 Å². The Morgan fingerprint density at radius 1 is 1.41 bits per heavy atom. The molecule has 27 heavy (non-hydrogen) atoms. The van der Waals surface area contributed by atoms with E-state index in [2.05, 4.69) is 11.0 Å². The summed E-state index contributed by atoms with van der Waals surface area (Å²) in [4.78, 5) is 14.0. The quantitative estimate of drug-likeness (QED) is 0.702. The van der Waals surface area contributed by atoms with Crippen LogP contribution in [0.4, 0.5) is 13.6 Å². The summed E-state index contributed by atoms with van der Waals surface area (Å²) in [5.41, 5.74) is -1.77. The summed E-state index contributed by atoms with van der Waals surface area (Å²) >= 11 is 0. The van der Waals surface area contributed by atoms with Crippen LogP contribution >= 0.6 is 0 Å². The van der Waals surface area contributed by atoms with Gasteiger partial charge in [0.15, 0.2) is 0 Å². The highest BCUT2D eigenvalue weighted by atomic mass is 19.3. The Bertz CT molecular complexity index is 806. The zero-order valence-electron chi connectivity index (χ0n) is 16.1. The molecule has 1 amide bonds. The number of alkyl halides is 2. The Kier molecular flexibility index (Phi) is 4.50. The number of carbonyl (C=O) groups excluding carboxylic acids is 1. The number of ether oxygens (including phenoxy) is 1. The highest BCUT2D eigenvalue weighted by Crippen LogP contribution is 2.43. The Labute approximate surface area is 157 Å². The molecule has 2 aliphatic rings. The molecule has 0 spiro atoms. The van der Waals surface area contributed by atoms with Gasteiger partial charge in [-0.05, 0) is 34.1 Å². The van der Waals surface area contributed by atoms with E-state index in [0.717, 1.165) is 4.68 Å². The lowest BCUT2D eigenvalue weighted by Gasteiger charge is -2.35. The fourth-order valence-corrected chi connectivity index (χ4v) is 3.61. The smallest absolute Gasteiger partial charge is 0.410 e. The molecule has 2 atom stereocenters. The number of nitrogens with zero attached hydrogens (tertiary/aromatic N) is 3. The molecule has 3 rings (SSSR count). The van der Waals surface area contributed by atoms with Crippen molar-refractivity contribution < 1.29 is 23.4 Å². The van der Waals surface area contributed by atoms with Gasteiger partial charge in [0.05, 0.1) is 18.8 Å². The van der Waals surface area contributed by atoms with Crippen LogP contribution in [0.1, 0.15) is 57.5 Å². The summed E-state index contributed by atoms with van der Waals surface area (Å²) in [5.74, 6) is -0.975. The van der Waals surface area contributed by atoms with Gasteiger partial charge < -0.3 is 14.7 Å². The maximum absolute atomic E-state index is 14.9. The van der Waals surface area contributed by atoms with Crippen molar-refractivity contribution in [2.24, 2.45) is 0 Å². The van der Waals surface area contributed by atoms with Crippen molar-refractivity contribution in [2.75, 3.05) is 0 Å². The number of halogens is 2. The summed E-state index contributed by atoms with van der Waals surface area (Å²) < 4.78 is 36.3. The molecule has 3 heterocycles. The molecule has 1 aromatic heterocycles. The van der Waals surface area contributed by atoms with Crippen LogP contribution < -0.4 is 0 Å². The third kappa shape index (κ3) is 3.65. The molecule has 2 unspecified atom stereocenters. The minimum Gasteiger partial charge on any atom is -0.444 e. The van der Waals surface area contributed by atoms with Crippen LogP contribution in [0.5, 0.6) is 0 Å². The van der Waals surface area contributed by atoms with Gasteiger partial charge in [0.2, 0.25) is 0 Å². The van der Waals surface area contributed by atoms with Gasteiger partial charge in [-0.25, -0.2) is 4.79 Å². The minimum atomic E-state index is -3.19. The topological polar surface area (TPSA) is 67.6 Å². The second-order valence-electron chi connectivity index (χ2n) is 8.47. The van der Waals surface area contributed by atoms with E-state index in [1.807, 2.05) is 6.92 Å². The lowest BCUT2D eigenvalue weighted by molar-refractivity contribution is -0.0309. The number of carbonyl (C=O) groups is 1. The van der Waals surface area contributed by atoms with Crippen LogP contribution in [-0.2, 0) is 30.2 Å². The van der Waals surface area contributed by atoms with E-state index in [1.54, 1.807) is 20.8 Å². The molecular weight excluding hydrogens is 356 g/mol. The Balaban J connectivity index is 2.00. The average Bonchev–Trinajstić information content (AvgIpc) is 2.83. The van der Waals surface area contributed by atoms with Crippen LogP contribution in [0.25, 0.3) is 0 Å². The first kappa shape index (κ1) is 19.6.